The monoisotopic (exact) mass is 614 g/mol. The number of aromatic nitrogens is 1. The Labute approximate surface area is 260 Å². The number of halogens is 1. The van der Waals surface area contributed by atoms with E-state index >= 15 is 4.39 Å². The molecule has 4 aromatic rings. The maximum atomic E-state index is 15.1. The van der Waals surface area contributed by atoms with Crippen molar-refractivity contribution < 1.29 is 32.6 Å². The molecule has 2 aromatic heterocycles. The van der Waals surface area contributed by atoms with Crippen molar-refractivity contribution in [3.63, 3.8) is 0 Å². The van der Waals surface area contributed by atoms with Crippen molar-refractivity contribution in [1.29, 1.82) is 5.26 Å². The lowest BCUT2D eigenvalue weighted by atomic mass is 10.0. The number of methoxy groups -OCH3 is 1. The van der Waals surface area contributed by atoms with Crippen LogP contribution in [0.1, 0.15) is 43.1 Å². The lowest BCUT2D eigenvalue weighted by Gasteiger charge is -2.35. The molecule has 1 saturated heterocycles. The Morgan fingerprint density at radius 1 is 1.09 bits per heavy atom. The first-order valence-corrected chi connectivity index (χ1v) is 14.5. The van der Waals surface area contributed by atoms with Gasteiger partial charge >= 0.3 is 6.09 Å². The molecule has 0 bridgehead atoms. The normalized spacial score (nSPS) is 16.6. The second-order valence-corrected chi connectivity index (χ2v) is 12.0. The van der Waals surface area contributed by atoms with Crippen LogP contribution in [0.5, 0.6) is 11.5 Å². The quantitative estimate of drug-likeness (QED) is 0.243. The number of hydrogen-bond acceptors (Lipinski definition) is 8. The highest BCUT2D eigenvalue weighted by atomic mass is 19.1. The van der Waals surface area contributed by atoms with Gasteiger partial charge in [-0.2, -0.15) is 5.26 Å². The fourth-order valence-electron chi connectivity index (χ4n) is 5.14. The lowest BCUT2D eigenvalue weighted by molar-refractivity contribution is -0.0106. The van der Waals surface area contributed by atoms with E-state index in [4.69, 9.17) is 18.6 Å². The summed E-state index contributed by atoms with van der Waals surface area (Å²) in [5, 5.41) is 9.96. The summed E-state index contributed by atoms with van der Waals surface area (Å²) in [4.78, 5) is 32.1. The Balaban J connectivity index is 1.39. The number of nitrogens with zero attached hydrogens (tertiary/aromatic N) is 4. The number of hydrogen-bond donors (Lipinski definition) is 0. The number of likely N-dealkylation sites (tertiary alicyclic amines) is 1. The Bertz CT molecular complexity index is 1790. The van der Waals surface area contributed by atoms with Crippen molar-refractivity contribution >= 4 is 23.1 Å². The molecular formula is C34H35FN4O6. The summed E-state index contributed by atoms with van der Waals surface area (Å²) in [6, 6.07) is 16.0. The number of amides is 2. The maximum Gasteiger partial charge on any atom is 0.410 e. The van der Waals surface area contributed by atoms with E-state index in [1.807, 2.05) is 0 Å². The molecule has 1 aliphatic rings. The highest BCUT2D eigenvalue weighted by molar-refractivity contribution is 5.96. The van der Waals surface area contributed by atoms with Crippen LogP contribution in [-0.4, -0.2) is 79.0 Å². The third-order valence-corrected chi connectivity index (χ3v) is 7.35. The van der Waals surface area contributed by atoms with Gasteiger partial charge in [0, 0.05) is 50.5 Å². The first-order valence-electron chi connectivity index (χ1n) is 14.5. The van der Waals surface area contributed by atoms with Gasteiger partial charge < -0.3 is 28.4 Å². The molecule has 10 nitrogen and oxygen atoms in total. The van der Waals surface area contributed by atoms with Gasteiger partial charge in [0.25, 0.3) is 5.91 Å². The zero-order valence-electron chi connectivity index (χ0n) is 26.1. The van der Waals surface area contributed by atoms with Crippen molar-refractivity contribution in [3.8, 4) is 40.0 Å². The summed E-state index contributed by atoms with van der Waals surface area (Å²) >= 11 is 0. The molecule has 11 heteroatoms. The minimum Gasteiger partial charge on any atom is -0.496 e. The van der Waals surface area contributed by atoms with E-state index in [9.17, 15) is 14.9 Å². The van der Waals surface area contributed by atoms with Crippen molar-refractivity contribution in [3.05, 3.63) is 65.9 Å². The first kappa shape index (κ1) is 31.3. The number of rotatable bonds is 6. The highest BCUT2D eigenvalue weighted by Crippen LogP contribution is 2.39. The summed E-state index contributed by atoms with van der Waals surface area (Å²) < 4.78 is 38.3. The van der Waals surface area contributed by atoms with E-state index in [-0.39, 0.29) is 36.7 Å². The van der Waals surface area contributed by atoms with Gasteiger partial charge in [-0.1, -0.05) is 6.07 Å². The number of carbonyl (C=O) groups excluding carboxylic acids is 2. The number of fused-ring (bicyclic) bond motifs is 1. The largest absolute Gasteiger partial charge is 0.496 e. The van der Waals surface area contributed by atoms with Crippen molar-refractivity contribution in [2.75, 3.05) is 34.3 Å². The lowest BCUT2D eigenvalue weighted by Crippen LogP contribution is -2.50. The van der Waals surface area contributed by atoms with Gasteiger partial charge in [-0.3, -0.25) is 9.78 Å². The molecule has 45 heavy (non-hydrogen) atoms. The van der Waals surface area contributed by atoms with Gasteiger partial charge in [-0.25, -0.2) is 9.18 Å². The second-order valence-electron chi connectivity index (χ2n) is 12.0. The Morgan fingerprint density at radius 2 is 1.87 bits per heavy atom. The summed E-state index contributed by atoms with van der Waals surface area (Å²) in [5.74, 6) is 1.07. The Morgan fingerprint density at radius 3 is 2.53 bits per heavy atom. The predicted octanol–water partition coefficient (Wildman–Crippen LogP) is 6.47. The molecule has 1 fully saturated rings. The molecule has 2 amide bonds. The number of piperidine rings is 1. The molecule has 2 aromatic carbocycles. The van der Waals surface area contributed by atoms with E-state index in [1.54, 1.807) is 89.6 Å². The number of nitriles is 1. The van der Waals surface area contributed by atoms with E-state index < -0.39 is 24.0 Å². The van der Waals surface area contributed by atoms with Gasteiger partial charge in [0.1, 0.15) is 40.6 Å². The van der Waals surface area contributed by atoms with Crippen molar-refractivity contribution in [2.45, 2.75) is 45.1 Å². The topological polar surface area (TPSA) is 118 Å². The van der Waals surface area contributed by atoms with Crippen LogP contribution in [0, 0.1) is 11.3 Å². The number of benzene rings is 2. The van der Waals surface area contributed by atoms with Crippen LogP contribution in [-0.2, 0) is 4.74 Å². The zero-order chi connectivity index (χ0) is 32.5. The van der Waals surface area contributed by atoms with Gasteiger partial charge in [-0.05, 0) is 62.7 Å². The van der Waals surface area contributed by atoms with E-state index in [1.165, 1.54) is 16.9 Å². The molecule has 0 aliphatic carbocycles. The Hall–Kier alpha value is -5.11. The molecule has 2 atom stereocenters. The van der Waals surface area contributed by atoms with Crippen molar-refractivity contribution in [1.82, 2.24) is 14.8 Å². The smallest absolute Gasteiger partial charge is 0.410 e. The van der Waals surface area contributed by atoms with Crippen LogP contribution in [0.2, 0.25) is 0 Å². The number of pyridine rings is 1. The first-order chi connectivity index (χ1) is 21.4. The Kier molecular flexibility index (Phi) is 8.68. The summed E-state index contributed by atoms with van der Waals surface area (Å²) in [7, 11) is 4.89. The molecule has 0 N–H and O–H groups in total. The van der Waals surface area contributed by atoms with Gasteiger partial charge in [0.05, 0.1) is 24.8 Å². The molecule has 3 heterocycles. The van der Waals surface area contributed by atoms with Crippen LogP contribution >= 0.6 is 0 Å². The van der Waals surface area contributed by atoms with Crippen LogP contribution in [0.25, 0.3) is 33.6 Å². The summed E-state index contributed by atoms with van der Waals surface area (Å²) in [6.07, 6.45) is -0.941. The highest BCUT2D eigenvalue weighted by Gasteiger charge is 2.35. The summed E-state index contributed by atoms with van der Waals surface area (Å²) in [5.41, 5.74) is 3.15. The zero-order valence-corrected chi connectivity index (χ0v) is 26.1. The third-order valence-electron chi connectivity index (χ3n) is 7.35. The third kappa shape index (κ3) is 6.70. The summed E-state index contributed by atoms with van der Waals surface area (Å²) in [6.45, 7) is 5.39. The second kappa shape index (κ2) is 12.5. The van der Waals surface area contributed by atoms with Crippen LogP contribution in [0.15, 0.2) is 59.1 Å². The van der Waals surface area contributed by atoms with Gasteiger partial charge in [0.2, 0.25) is 0 Å². The standard InChI is InChI=1S/C34H35FN4O6/c1-34(2,3)45-33(41)39-14-12-28(25(35)19-39)43-27-10-8-20(15-22(27)18-36)23-11-13-37-26-17-30(44-31(23)26)24-9-7-21(16-29(24)42-6)32(40)38(4)5/h7-11,13,15-17,25,28H,12,14,19H2,1-6H3/t25-,28+/m0/s1. The van der Waals surface area contributed by atoms with Crippen LogP contribution < -0.4 is 9.47 Å². The predicted molar refractivity (Wildman–Crippen MR) is 166 cm³/mol. The van der Waals surface area contributed by atoms with Crippen LogP contribution in [0.3, 0.4) is 0 Å². The SMILES string of the molecule is COc1cc(C(=O)N(C)C)ccc1-c1cc2nccc(-c3ccc(O[C@@H]4CCN(C(=O)OC(C)(C)C)C[C@@H]4F)c(C#N)c3)c2o1. The van der Waals surface area contributed by atoms with Gasteiger partial charge in [-0.15, -0.1) is 0 Å². The number of alkyl halides is 1. The molecule has 0 radical (unpaired) electrons. The molecule has 0 unspecified atom stereocenters. The van der Waals surface area contributed by atoms with Crippen molar-refractivity contribution in [2.24, 2.45) is 0 Å². The molecule has 0 spiro atoms. The fourth-order valence-corrected chi connectivity index (χ4v) is 5.14. The minimum absolute atomic E-state index is 0.151. The van der Waals surface area contributed by atoms with Gasteiger partial charge in [0.15, 0.2) is 11.8 Å². The molecule has 234 valence electrons. The average Bonchev–Trinajstić information content (AvgIpc) is 3.45. The number of furan rings is 1. The minimum atomic E-state index is -1.45. The fraction of sp³-hybridized carbons (Fsp3) is 0.353. The average molecular weight is 615 g/mol. The molecule has 0 saturated carbocycles. The number of carbonyl (C=O) groups is 2. The van der Waals surface area contributed by atoms with E-state index in [0.29, 0.717) is 44.9 Å². The van der Waals surface area contributed by atoms with E-state index in [2.05, 4.69) is 11.1 Å². The molecule has 5 rings (SSSR count). The molecule has 1 aliphatic heterocycles. The van der Waals surface area contributed by atoms with E-state index in [0.717, 1.165) is 0 Å². The van der Waals surface area contributed by atoms with Crippen LogP contribution in [0.4, 0.5) is 9.18 Å². The number of ether oxygens (including phenoxy) is 3. The molecular weight excluding hydrogens is 579 g/mol. The maximum absolute atomic E-state index is 15.1.